The Balaban J connectivity index is 1.31. The predicted molar refractivity (Wildman–Crippen MR) is 133 cm³/mol. The maximum Gasteiger partial charge on any atom is 0.407 e. The maximum absolute atomic E-state index is 12.6. The number of carboxylic acids is 1. The zero-order valence-electron chi connectivity index (χ0n) is 20.4. The van der Waals surface area contributed by atoms with E-state index < -0.39 is 18.1 Å². The molecule has 4 rings (SSSR count). The number of benzene rings is 2. The SMILES string of the molecule is CC[C@H](C)[C@H](NC(=O)CC1(CNC(=O)OCC2c3ccccc3-c3ccccc32)CCC1)C(=O)O. The quantitative estimate of drug-likeness (QED) is 0.459. The summed E-state index contributed by atoms with van der Waals surface area (Å²) in [4.78, 5) is 36.8. The van der Waals surface area contributed by atoms with Crippen molar-refractivity contribution in [3.63, 3.8) is 0 Å². The summed E-state index contributed by atoms with van der Waals surface area (Å²) < 4.78 is 5.62. The van der Waals surface area contributed by atoms with Gasteiger partial charge >= 0.3 is 12.1 Å². The Bertz CT molecular complexity index is 1050. The number of rotatable bonds is 10. The lowest BCUT2D eigenvalue weighted by Crippen LogP contribution is -2.49. The van der Waals surface area contributed by atoms with E-state index in [1.807, 2.05) is 38.1 Å². The van der Waals surface area contributed by atoms with Crippen LogP contribution in [0.15, 0.2) is 48.5 Å². The highest BCUT2D eigenvalue weighted by molar-refractivity contribution is 5.84. The molecular weight excluding hydrogens is 444 g/mol. The lowest BCUT2D eigenvalue weighted by Gasteiger charge is -2.41. The molecule has 7 heteroatoms. The van der Waals surface area contributed by atoms with E-state index in [0.29, 0.717) is 13.0 Å². The summed E-state index contributed by atoms with van der Waals surface area (Å²) in [5.74, 6) is -1.48. The smallest absolute Gasteiger partial charge is 0.407 e. The molecular formula is C28H34N2O5. The molecule has 35 heavy (non-hydrogen) atoms. The van der Waals surface area contributed by atoms with Crippen LogP contribution in [0.2, 0.25) is 0 Å². The molecule has 0 radical (unpaired) electrons. The molecule has 0 aromatic heterocycles. The highest BCUT2D eigenvalue weighted by Crippen LogP contribution is 2.45. The zero-order valence-corrected chi connectivity index (χ0v) is 20.4. The van der Waals surface area contributed by atoms with Gasteiger partial charge in [-0.2, -0.15) is 0 Å². The lowest BCUT2D eigenvalue weighted by atomic mass is 9.66. The summed E-state index contributed by atoms with van der Waals surface area (Å²) in [5.41, 5.74) is 4.31. The summed E-state index contributed by atoms with van der Waals surface area (Å²) in [6.07, 6.45) is 2.95. The van der Waals surface area contributed by atoms with Gasteiger partial charge in [-0.15, -0.1) is 0 Å². The lowest BCUT2D eigenvalue weighted by molar-refractivity contribution is -0.144. The topological polar surface area (TPSA) is 105 Å². The minimum Gasteiger partial charge on any atom is -0.480 e. The van der Waals surface area contributed by atoms with Crippen molar-refractivity contribution in [2.45, 2.75) is 57.9 Å². The molecule has 2 aliphatic rings. The van der Waals surface area contributed by atoms with E-state index >= 15 is 0 Å². The molecule has 3 N–H and O–H groups in total. The first-order chi connectivity index (χ1) is 16.8. The molecule has 1 saturated carbocycles. The van der Waals surface area contributed by atoms with Crippen molar-refractivity contribution in [1.29, 1.82) is 0 Å². The van der Waals surface area contributed by atoms with Crippen LogP contribution in [0.5, 0.6) is 0 Å². The van der Waals surface area contributed by atoms with Crippen molar-refractivity contribution >= 4 is 18.0 Å². The molecule has 186 valence electrons. The molecule has 7 nitrogen and oxygen atoms in total. The van der Waals surface area contributed by atoms with Crippen LogP contribution in [0.1, 0.15) is 63.0 Å². The molecule has 2 aromatic rings. The van der Waals surface area contributed by atoms with Gasteiger partial charge < -0.3 is 20.5 Å². The van der Waals surface area contributed by atoms with Crippen LogP contribution in [-0.2, 0) is 14.3 Å². The Labute approximate surface area is 206 Å². The first kappa shape index (κ1) is 24.8. The minimum atomic E-state index is -1.02. The van der Waals surface area contributed by atoms with Gasteiger partial charge in [-0.1, -0.05) is 75.2 Å². The fraction of sp³-hybridized carbons (Fsp3) is 0.464. The van der Waals surface area contributed by atoms with Gasteiger partial charge in [-0.05, 0) is 46.4 Å². The normalized spacial score (nSPS) is 17.3. The monoisotopic (exact) mass is 478 g/mol. The Kier molecular flexibility index (Phi) is 7.43. The second-order valence-corrected chi connectivity index (χ2v) is 9.98. The van der Waals surface area contributed by atoms with E-state index in [-0.39, 0.29) is 36.2 Å². The van der Waals surface area contributed by atoms with Crippen LogP contribution in [0, 0.1) is 11.3 Å². The number of hydrogen-bond acceptors (Lipinski definition) is 4. The first-order valence-corrected chi connectivity index (χ1v) is 12.4. The maximum atomic E-state index is 12.6. The number of carbonyl (C=O) groups is 3. The average Bonchev–Trinajstić information content (AvgIpc) is 3.15. The molecule has 2 aromatic carbocycles. The van der Waals surface area contributed by atoms with Crippen molar-refractivity contribution in [1.82, 2.24) is 10.6 Å². The van der Waals surface area contributed by atoms with Gasteiger partial charge in [0.2, 0.25) is 5.91 Å². The molecule has 0 heterocycles. The molecule has 1 fully saturated rings. The number of ether oxygens (including phenoxy) is 1. The second-order valence-electron chi connectivity index (χ2n) is 9.98. The number of nitrogens with one attached hydrogen (secondary N) is 2. The summed E-state index contributed by atoms with van der Waals surface area (Å²) in [7, 11) is 0. The minimum absolute atomic E-state index is 0.00917. The van der Waals surface area contributed by atoms with Crippen LogP contribution in [0.25, 0.3) is 11.1 Å². The number of carbonyl (C=O) groups excluding carboxylic acids is 2. The Morgan fingerprint density at radius 2 is 1.66 bits per heavy atom. The van der Waals surface area contributed by atoms with Gasteiger partial charge in [-0.3, -0.25) is 4.79 Å². The molecule has 0 aliphatic heterocycles. The van der Waals surface area contributed by atoms with E-state index in [1.165, 1.54) is 11.1 Å². The molecule has 0 spiro atoms. The molecule has 0 bridgehead atoms. The molecule has 0 saturated heterocycles. The highest BCUT2D eigenvalue weighted by atomic mass is 16.5. The Morgan fingerprint density at radius 3 is 2.17 bits per heavy atom. The third-order valence-corrected chi connectivity index (χ3v) is 7.70. The van der Waals surface area contributed by atoms with Crippen LogP contribution in [0.4, 0.5) is 4.79 Å². The summed E-state index contributed by atoms with van der Waals surface area (Å²) in [6.45, 7) is 4.29. The van der Waals surface area contributed by atoms with Gasteiger partial charge in [0.15, 0.2) is 0 Å². The summed E-state index contributed by atoms with van der Waals surface area (Å²) >= 11 is 0. The number of alkyl carbamates (subject to hydrolysis) is 1. The van der Waals surface area contributed by atoms with Gasteiger partial charge in [0, 0.05) is 18.9 Å². The molecule has 2 amide bonds. The summed E-state index contributed by atoms with van der Waals surface area (Å²) in [6, 6.07) is 15.5. The molecule has 2 aliphatic carbocycles. The third-order valence-electron chi connectivity index (χ3n) is 7.70. The Hall–Kier alpha value is -3.35. The summed E-state index contributed by atoms with van der Waals surface area (Å²) in [5, 5.41) is 15.0. The van der Waals surface area contributed by atoms with Crippen LogP contribution >= 0.6 is 0 Å². The van der Waals surface area contributed by atoms with E-state index in [9.17, 15) is 19.5 Å². The highest BCUT2D eigenvalue weighted by Gasteiger charge is 2.40. The average molecular weight is 479 g/mol. The van der Waals surface area contributed by atoms with Crippen molar-refractivity contribution in [2.24, 2.45) is 11.3 Å². The van der Waals surface area contributed by atoms with E-state index in [1.54, 1.807) is 0 Å². The van der Waals surface area contributed by atoms with Crippen LogP contribution in [0.3, 0.4) is 0 Å². The predicted octanol–water partition coefficient (Wildman–Crippen LogP) is 4.70. The number of fused-ring (bicyclic) bond motifs is 3. The van der Waals surface area contributed by atoms with Gasteiger partial charge in [0.05, 0.1) is 0 Å². The molecule has 2 atom stereocenters. The van der Waals surface area contributed by atoms with Crippen molar-refractivity contribution < 1.29 is 24.2 Å². The fourth-order valence-corrected chi connectivity index (χ4v) is 5.25. The number of aliphatic carboxylic acids is 1. The van der Waals surface area contributed by atoms with Gasteiger partial charge in [-0.25, -0.2) is 9.59 Å². The van der Waals surface area contributed by atoms with Crippen LogP contribution < -0.4 is 10.6 Å². The van der Waals surface area contributed by atoms with Crippen molar-refractivity contribution in [2.75, 3.05) is 13.2 Å². The number of carboxylic acid groups (broad SMARTS) is 1. The van der Waals surface area contributed by atoms with E-state index in [2.05, 4.69) is 34.9 Å². The molecule has 0 unspecified atom stereocenters. The second kappa shape index (κ2) is 10.5. The van der Waals surface area contributed by atoms with Crippen molar-refractivity contribution in [3.05, 3.63) is 59.7 Å². The van der Waals surface area contributed by atoms with Crippen LogP contribution in [-0.4, -0.2) is 42.3 Å². The van der Waals surface area contributed by atoms with E-state index in [0.717, 1.165) is 30.4 Å². The Morgan fingerprint density at radius 1 is 1.06 bits per heavy atom. The largest absolute Gasteiger partial charge is 0.480 e. The third kappa shape index (κ3) is 5.34. The van der Waals surface area contributed by atoms with E-state index in [4.69, 9.17) is 4.74 Å². The zero-order chi connectivity index (χ0) is 25.0. The number of hydrogen-bond donors (Lipinski definition) is 3. The number of amides is 2. The standard InChI is InChI=1S/C28H34N2O5/c1-3-18(2)25(26(32)33)30-24(31)15-28(13-8-14-28)17-29-27(34)35-16-23-21-11-6-4-9-19(21)20-10-5-7-12-22(20)23/h4-7,9-12,18,23,25H,3,8,13-17H2,1-2H3,(H,29,34)(H,30,31)(H,32,33)/t18-,25-/m0/s1. The van der Waals surface area contributed by atoms with Gasteiger partial charge in [0.1, 0.15) is 12.6 Å². The van der Waals surface area contributed by atoms with Crippen molar-refractivity contribution in [3.8, 4) is 11.1 Å². The van der Waals surface area contributed by atoms with Gasteiger partial charge in [0.25, 0.3) is 0 Å². The first-order valence-electron chi connectivity index (χ1n) is 12.4. The fourth-order valence-electron chi connectivity index (χ4n) is 5.25.